The molecule has 0 N–H and O–H groups in total. The summed E-state index contributed by atoms with van der Waals surface area (Å²) in [6, 6.07) is 5.64. The van der Waals surface area contributed by atoms with Crippen molar-refractivity contribution in [2.24, 2.45) is 5.92 Å². The van der Waals surface area contributed by atoms with Gasteiger partial charge in [-0.05, 0) is 43.0 Å². The molecule has 7 nitrogen and oxygen atoms in total. The van der Waals surface area contributed by atoms with E-state index >= 15 is 0 Å². The first-order valence-electron chi connectivity index (χ1n) is 8.10. The van der Waals surface area contributed by atoms with Gasteiger partial charge in [0.1, 0.15) is 12.3 Å². The van der Waals surface area contributed by atoms with E-state index in [1.807, 2.05) is 0 Å². The van der Waals surface area contributed by atoms with Crippen molar-refractivity contribution in [1.29, 1.82) is 0 Å². The molecule has 0 aliphatic heterocycles. The van der Waals surface area contributed by atoms with Gasteiger partial charge in [-0.15, -0.1) is 13.2 Å². The lowest BCUT2D eigenvalue weighted by atomic mass is 10.2. The van der Waals surface area contributed by atoms with Gasteiger partial charge in [0, 0.05) is 12.1 Å². The highest BCUT2D eigenvalue weighted by Gasteiger charge is 2.31. The van der Waals surface area contributed by atoms with E-state index in [1.165, 1.54) is 16.9 Å². The molecule has 0 saturated heterocycles. The summed E-state index contributed by atoms with van der Waals surface area (Å²) in [6.07, 6.45) is 0.724. The molecule has 0 bridgehead atoms. The number of halogens is 3. The molecule has 2 aromatic heterocycles. The van der Waals surface area contributed by atoms with Gasteiger partial charge in [0.25, 0.3) is 0 Å². The van der Waals surface area contributed by atoms with Crippen molar-refractivity contribution in [3.63, 3.8) is 0 Å². The van der Waals surface area contributed by atoms with Crippen molar-refractivity contribution in [2.75, 3.05) is 0 Å². The zero-order valence-corrected chi connectivity index (χ0v) is 13.6. The molecular weight excluding hydrogens is 349 g/mol. The molecule has 1 aliphatic carbocycles. The van der Waals surface area contributed by atoms with Gasteiger partial charge in [-0.1, -0.05) is 0 Å². The number of nitrogens with zero attached hydrogens (tertiary/aromatic N) is 6. The number of aromatic nitrogens is 6. The van der Waals surface area contributed by atoms with Crippen LogP contribution in [0.3, 0.4) is 0 Å². The maximum atomic E-state index is 12.3. The van der Waals surface area contributed by atoms with Gasteiger partial charge >= 0.3 is 6.36 Å². The lowest BCUT2D eigenvalue weighted by Gasteiger charge is -2.09. The number of hydrogen-bond acceptors (Lipinski definition) is 5. The van der Waals surface area contributed by atoms with Crippen molar-refractivity contribution in [1.82, 2.24) is 29.8 Å². The van der Waals surface area contributed by atoms with E-state index in [2.05, 4.69) is 25.0 Å². The third-order valence-corrected chi connectivity index (χ3v) is 3.94. The van der Waals surface area contributed by atoms with Crippen molar-refractivity contribution < 1.29 is 17.9 Å². The lowest BCUT2D eigenvalue weighted by molar-refractivity contribution is -0.274. The van der Waals surface area contributed by atoms with Gasteiger partial charge in [-0.2, -0.15) is 20.1 Å². The summed E-state index contributed by atoms with van der Waals surface area (Å²) in [4.78, 5) is 6.00. The molecular formula is C16H15F3N6O. The van der Waals surface area contributed by atoms with E-state index in [4.69, 9.17) is 0 Å². The summed E-state index contributed by atoms with van der Waals surface area (Å²) in [6.45, 7) is 1.06. The van der Waals surface area contributed by atoms with Crippen LogP contribution in [0, 0.1) is 5.92 Å². The number of benzene rings is 1. The van der Waals surface area contributed by atoms with E-state index < -0.39 is 6.36 Å². The predicted octanol–water partition coefficient (Wildman–Crippen LogP) is 2.89. The van der Waals surface area contributed by atoms with E-state index in [1.54, 1.807) is 29.2 Å². The second-order valence-electron chi connectivity index (χ2n) is 6.11. The fourth-order valence-electron chi connectivity index (χ4n) is 2.60. The normalized spacial score (nSPS) is 14.6. The van der Waals surface area contributed by atoms with Crippen LogP contribution >= 0.6 is 0 Å². The first-order chi connectivity index (χ1) is 12.5. The quantitative estimate of drug-likeness (QED) is 0.673. The second kappa shape index (κ2) is 6.43. The minimum Gasteiger partial charge on any atom is -0.406 e. The zero-order valence-electron chi connectivity index (χ0n) is 13.6. The first kappa shape index (κ1) is 16.6. The number of rotatable bonds is 6. The lowest BCUT2D eigenvalue weighted by Crippen LogP contribution is -2.17. The minimum absolute atomic E-state index is 0.268. The summed E-state index contributed by atoms with van der Waals surface area (Å²) in [5, 5.41) is 12.6. The molecule has 0 radical (unpaired) electrons. The SMILES string of the molecule is FC(F)(F)Oc1ccc(-c2nc(Cn3nccn3)nn2CC2CC2)cc1. The Morgan fingerprint density at radius 2 is 1.77 bits per heavy atom. The maximum Gasteiger partial charge on any atom is 0.573 e. The summed E-state index contributed by atoms with van der Waals surface area (Å²) >= 11 is 0. The highest BCUT2D eigenvalue weighted by Crippen LogP contribution is 2.32. The monoisotopic (exact) mass is 364 g/mol. The van der Waals surface area contributed by atoms with Gasteiger partial charge in [-0.25, -0.2) is 9.67 Å². The average Bonchev–Trinajstić information content (AvgIpc) is 3.08. The van der Waals surface area contributed by atoms with Gasteiger partial charge in [0.05, 0.1) is 12.4 Å². The molecule has 10 heteroatoms. The topological polar surface area (TPSA) is 70.7 Å². The van der Waals surface area contributed by atoms with Crippen molar-refractivity contribution in [3.8, 4) is 17.1 Å². The molecule has 3 aromatic rings. The van der Waals surface area contributed by atoms with Crippen LogP contribution in [-0.4, -0.2) is 36.1 Å². The fourth-order valence-corrected chi connectivity index (χ4v) is 2.60. The van der Waals surface area contributed by atoms with Crippen LogP contribution in [0.25, 0.3) is 11.4 Å². The summed E-state index contributed by atoms with van der Waals surface area (Å²) in [5.41, 5.74) is 0.673. The first-order valence-corrected chi connectivity index (χ1v) is 8.10. The predicted molar refractivity (Wildman–Crippen MR) is 84.0 cm³/mol. The molecule has 1 saturated carbocycles. The van der Waals surface area contributed by atoms with Crippen LogP contribution < -0.4 is 4.74 Å². The van der Waals surface area contributed by atoms with Gasteiger partial charge in [-0.3, -0.25) is 0 Å². The molecule has 2 heterocycles. The molecule has 26 heavy (non-hydrogen) atoms. The molecule has 1 aliphatic rings. The standard InChI is InChI=1S/C16H15F3N6O/c17-16(18,19)26-13-5-3-12(4-6-13)15-22-14(10-25-20-7-8-21-25)23-24(15)9-11-1-2-11/h3-8,11H,1-2,9-10H2. The third kappa shape index (κ3) is 4.01. The maximum absolute atomic E-state index is 12.3. The number of hydrogen-bond donors (Lipinski definition) is 0. The largest absolute Gasteiger partial charge is 0.573 e. The second-order valence-corrected chi connectivity index (χ2v) is 6.11. The van der Waals surface area contributed by atoms with E-state index in [-0.39, 0.29) is 5.75 Å². The van der Waals surface area contributed by atoms with Crippen LogP contribution in [-0.2, 0) is 13.1 Å². The van der Waals surface area contributed by atoms with Crippen LogP contribution in [0.5, 0.6) is 5.75 Å². The highest BCUT2D eigenvalue weighted by atomic mass is 19.4. The van der Waals surface area contributed by atoms with Crippen molar-refractivity contribution >= 4 is 0 Å². The Kier molecular flexibility index (Phi) is 4.09. The molecule has 4 rings (SSSR count). The van der Waals surface area contributed by atoms with Gasteiger partial charge in [0.15, 0.2) is 11.6 Å². The van der Waals surface area contributed by atoms with Crippen LogP contribution in [0.2, 0.25) is 0 Å². The van der Waals surface area contributed by atoms with E-state index in [9.17, 15) is 13.2 Å². The van der Waals surface area contributed by atoms with Crippen LogP contribution in [0.15, 0.2) is 36.7 Å². The summed E-state index contributed by atoms with van der Waals surface area (Å²) in [7, 11) is 0. The molecule has 0 amide bonds. The molecule has 136 valence electrons. The van der Waals surface area contributed by atoms with Crippen LogP contribution in [0.1, 0.15) is 18.7 Å². The summed E-state index contributed by atoms with van der Waals surface area (Å²) < 4.78 is 42.6. The smallest absolute Gasteiger partial charge is 0.406 e. The fraction of sp³-hybridized carbons (Fsp3) is 0.375. The summed E-state index contributed by atoms with van der Waals surface area (Å²) in [5.74, 6) is 1.46. The minimum atomic E-state index is -4.71. The van der Waals surface area contributed by atoms with E-state index in [0.717, 1.165) is 19.4 Å². The highest BCUT2D eigenvalue weighted by molar-refractivity contribution is 5.56. The number of alkyl halides is 3. The Morgan fingerprint density at radius 1 is 1.08 bits per heavy atom. The van der Waals surface area contributed by atoms with Crippen molar-refractivity contribution in [3.05, 3.63) is 42.5 Å². The Balaban J connectivity index is 1.60. The van der Waals surface area contributed by atoms with Crippen LogP contribution in [0.4, 0.5) is 13.2 Å². The van der Waals surface area contributed by atoms with Gasteiger partial charge < -0.3 is 4.74 Å². The van der Waals surface area contributed by atoms with Gasteiger partial charge in [0.2, 0.25) is 0 Å². The average molecular weight is 364 g/mol. The van der Waals surface area contributed by atoms with Crippen molar-refractivity contribution in [2.45, 2.75) is 32.3 Å². The molecule has 0 spiro atoms. The Hall–Kier alpha value is -2.91. The third-order valence-electron chi connectivity index (χ3n) is 3.94. The van der Waals surface area contributed by atoms with E-state index in [0.29, 0.717) is 29.7 Å². The Morgan fingerprint density at radius 3 is 2.38 bits per heavy atom. The Bertz CT molecular complexity index is 869. The number of ether oxygens (including phenoxy) is 1. The molecule has 0 atom stereocenters. The molecule has 1 fully saturated rings. The Labute approximate surface area is 146 Å². The molecule has 0 unspecified atom stereocenters. The zero-order chi connectivity index (χ0) is 18.1. The molecule has 1 aromatic carbocycles.